The third kappa shape index (κ3) is 3.03. The summed E-state index contributed by atoms with van der Waals surface area (Å²) in [5.41, 5.74) is 4.40. The van der Waals surface area contributed by atoms with Gasteiger partial charge in [-0.25, -0.2) is 4.68 Å². The van der Waals surface area contributed by atoms with Crippen molar-refractivity contribution < 1.29 is 0 Å². The molecule has 1 aliphatic rings. The molecule has 0 spiro atoms. The van der Waals surface area contributed by atoms with Gasteiger partial charge in [0.05, 0.1) is 12.1 Å². The molecule has 24 heavy (non-hydrogen) atoms. The quantitative estimate of drug-likeness (QED) is 0.801. The second kappa shape index (κ2) is 6.45. The molecule has 3 heterocycles. The van der Waals surface area contributed by atoms with Crippen molar-refractivity contribution in [3.63, 3.8) is 0 Å². The summed E-state index contributed by atoms with van der Waals surface area (Å²) in [7, 11) is 0. The van der Waals surface area contributed by atoms with E-state index in [1.807, 2.05) is 42.6 Å². The first-order chi connectivity index (χ1) is 11.8. The lowest BCUT2D eigenvalue weighted by molar-refractivity contribution is 0.244. The summed E-state index contributed by atoms with van der Waals surface area (Å²) in [6.45, 7) is 3.07. The maximum atomic E-state index is 12.7. The highest BCUT2D eigenvalue weighted by molar-refractivity contribution is 5.22. The van der Waals surface area contributed by atoms with Crippen molar-refractivity contribution in [1.82, 2.24) is 19.7 Å². The lowest BCUT2D eigenvalue weighted by Crippen LogP contribution is -2.32. The fraction of sp³-hybridized carbons (Fsp3) is 0.263. The summed E-state index contributed by atoms with van der Waals surface area (Å²) in [5, 5.41) is 3.30. The molecule has 0 aliphatic carbocycles. The molecule has 2 aromatic heterocycles. The van der Waals surface area contributed by atoms with Gasteiger partial charge < -0.3 is 0 Å². The number of nitrogens with one attached hydrogen (secondary N) is 1. The molecule has 0 amide bonds. The van der Waals surface area contributed by atoms with Gasteiger partial charge in [0.2, 0.25) is 0 Å². The first kappa shape index (κ1) is 14.9. The van der Waals surface area contributed by atoms with Crippen LogP contribution in [0.2, 0.25) is 0 Å². The van der Waals surface area contributed by atoms with Gasteiger partial charge in [-0.1, -0.05) is 36.4 Å². The molecule has 0 saturated heterocycles. The molecule has 0 unspecified atom stereocenters. The number of hydrogen-bond donors (Lipinski definition) is 1. The smallest absolute Gasteiger partial charge is 0.271 e. The van der Waals surface area contributed by atoms with Crippen LogP contribution in [0, 0.1) is 0 Å². The summed E-state index contributed by atoms with van der Waals surface area (Å²) < 4.78 is 1.73. The minimum atomic E-state index is 0.102. The van der Waals surface area contributed by atoms with Gasteiger partial charge in [0.15, 0.2) is 0 Å². The van der Waals surface area contributed by atoms with Crippen LogP contribution in [0.15, 0.2) is 59.7 Å². The van der Waals surface area contributed by atoms with E-state index in [1.54, 1.807) is 10.9 Å². The van der Waals surface area contributed by atoms with Crippen LogP contribution in [0.1, 0.15) is 22.4 Å². The summed E-state index contributed by atoms with van der Waals surface area (Å²) in [6, 6.07) is 14.1. The molecule has 0 fully saturated rings. The second-order valence-electron chi connectivity index (χ2n) is 6.27. The van der Waals surface area contributed by atoms with E-state index in [9.17, 15) is 4.79 Å². The van der Waals surface area contributed by atoms with E-state index in [2.05, 4.69) is 21.0 Å². The van der Waals surface area contributed by atoms with E-state index in [4.69, 9.17) is 0 Å². The first-order valence-corrected chi connectivity index (χ1v) is 8.25. The molecule has 1 aliphatic heterocycles. The molecule has 122 valence electrons. The Labute approximate surface area is 140 Å². The van der Waals surface area contributed by atoms with Crippen molar-refractivity contribution in [2.75, 3.05) is 6.54 Å². The monoisotopic (exact) mass is 320 g/mol. The Hall–Kier alpha value is -2.66. The summed E-state index contributed by atoms with van der Waals surface area (Å²) in [4.78, 5) is 19.2. The number of aromatic amines is 1. The van der Waals surface area contributed by atoms with Crippen LogP contribution in [0.5, 0.6) is 0 Å². The molecule has 0 saturated carbocycles. The van der Waals surface area contributed by atoms with Gasteiger partial charge in [-0.15, -0.1) is 0 Å². The van der Waals surface area contributed by atoms with E-state index in [0.29, 0.717) is 13.1 Å². The molecule has 4 rings (SSSR count). The number of pyridine rings is 1. The van der Waals surface area contributed by atoms with Gasteiger partial charge in [-0.05, 0) is 17.2 Å². The minimum absolute atomic E-state index is 0.102. The Bertz CT molecular complexity index is 867. The highest BCUT2D eigenvalue weighted by Crippen LogP contribution is 2.16. The predicted molar refractivity (Wildman–Crippen MR) is 92.7 cm³/mol. The molecule has 3 aromatic rings. The number of fused-ring (bicyclic) bond motifs is 1. The normalized spacial score (nSPS) is 14.5. The van der Waals surface area contributed by atoms with Gasteiger partial charge >= 0.3 is 0 Å². The van der Waals surface area contributed by atoms with Crippen LogP contribution in [-0.4, -0.2) is 26.2 Å². The van der Waals surface area contributed by atoms with Crippen LogP contribution in [-0.2, 0) is 26.1 Å². The molecule has 1 aromatic carbocycles. The number of benzene rings is 1. The Balaban J connectivity index is 1.53. The van der Waals surface area contributed by atoms with E-state index in [-0.39, 0.29) is 5.56 Å². The highest BCUT2D eigenvalue weighted by atomic mass is 16.1. The van der Waals surface area contributed by atoms with Crippen molar-refractivity contribution in [1.29, 1.82) is 0 Å². The minimum Gasteiger partial charge on any atom is -0.299 e. The number of H-pyrrole nitrogens is 1. The Morgan fingerprint density at radius 3 is 2.67 bits per heavy atom. The third-order valence-corrected chi connectivity index (χ3v) is 4.51. The maximum Gasteiger partial charge on any atom is 0.271 e. The topological polar surface area (TPSA) is 53.9 Å². The Morgan fingerprint density at radius 2 is 1.88 bits per heavy atom. The molecule has 0 atom stereocenters. The highest BCUT2D eigenvalue weighted by Gasteiger charge is 2.22. The summed E-state index contributed by atoms with van der Waals surface area (Å²) in [5.74, 6) is 0. The zero-order chi connectivity index (χ0) is 16.4. The van der Waals surface area contributed by atoms with Gasteiger partial charge in [0.25, 0.3) is 5.56 Å². The average molecular weight is 320 g/mol. The second-order valence-corrected chi connectivity index (χ2v) is 6.27. The number of hydrogen-bond acceptors (Lipinski definition) is 3. The van der Waals surface area contributed by atoms with Crippen LogP contribution in [0.4, 0.5) is 0 Å². The van der Waals surface area contributed by atoms with Crippen molar-refractivity contribution in [3.05, 3.63) is 87.6 Å². The third-order valence-electron chi connectivity index (χ3n) is 4.51. The standard InChI is InChI=1S/C19H20N4O/c24-19-17-14-22(12-16-7-4-9-20-11-16)10-8-18(17)21-23(19)13-15-5-2-1-3-6-15/h1-7,9,11,21H,8,10,12-14H2. The first-order valence-electron chi connectivity index (χ1n) is 8.25. The summed E-state index contributed by atoms with van der Waals surface area (Å²) in [6.07, 6.45) is 4.55. The van der Waals surface area contributed by atoms with Gasteiger partial charge in [-0.3, -0.25) is 19.8 Å². The molecular formula is C19H20N4O. The summed E-state index contributed by atoms with van der Waals surface area (Å²) >= 11 is 0. The number of aromatic nitrogens is 3. The van der Waals surface area contributed by atoms with Crippen molar-refractivity contribution in [2.24, 2.45) is 0 Å². The zero-order valence-electron chi connectivity index (χ0n) is 13.5. The fourth-order valence-corrected chi connectivity index (χ4v) is 3.28. The van der Waals surface area contributed by atoms with E-state index in [0.717, 1.165) is 36.3 Å². The number of rotatable bonds is 4. The van der Waals surface area contributed by atoms with Gasteiger partial charge in [0.1, 0.15) is 0 Å². The molecule has 0 bridgehead atoms. The van der Waals surface area contributed by atoms with Crippen LogP contribution < -0.4 is 5.56 Å². The van der Waals surface area contributed by atoms with E-state index in [1.165, 1.54) is 5.56 Å². The molecule has 1 N–H and O–H groups in total. The lowest BCUT2D eigenvalue weighted by Gasteiger charge is -2.25. The molecule has 0 radical (unpaired) electrons. The lowest BCUT2D eigenvalue weighted by atomic mass is 10.1. The van der Waals surface area contributed by atoms with Crippen molar-refractivity contribution in [3.8, 4) is 0 Å². The Morgan fingerprint density at radius 1 is 1.04 bits per heavy atom. The van der Waals surface area contributed by atoms with Crippen LogP contribution in [0.25, 0.3) is 0 Å². The van der Waals surface area contributed by atoms with Crippen molar-refractivity contribution >= 4 is 0 Å². The van der Waals surface area contributed by atoms with Gasteiger partial charge in [0, 0.05) is 44.1 Å². The van der Waals surface area contributed by atoms with Crippen LogP contribution >= 0.6 is 0 Å². The van der Waals surface area contributed by atoms with Crippen molar-refractivity contribution in [2.45, 2.75) is 26.1 Å². The van der Waals surface area contributed by atoms with E-state index >= 15 is 0 Å². The largest absolute Gasteiger partial charge is 0.299 e. The van der Waals surface area contributed by atoms with Crippen LogP contribution in [0.3, 0.4) is 0 Å². The fourth-order valence-electron chi connectivity index (χ4n) is 3.28. The predicted octanol–water partition coefficient (Wildman–Crippen LogP) is 2.18. The average Bonchev–Trinajstić information content (AvgIpc) is 2.93. The molecule has 5 nitrogen and oxygen atoms in total. The maximum absolute atomic E-state index is 12.7. The molecular weight excluding hydrogens is 300 g/mol. The Kier molecular flexibility index (Phi) is 4.01. The number of nitrogens with zero attached hydrogens (tertiary/aromatic N) is 3. The zero-order valence-corrected chi connectivity index (χ0v) is 13.5. The SMILES string of the molecule is O=c1c2c([nH]n1Cc1ccccc1)CCN(Cc1cccnc1)C2. The molecule has 5 heteroatoms. The van der Waals surface area contributed by atoms with Gasteiger partial charge in [-0.2, -0.15) is 0 Å². The van der Waals surface area contributed by atoms with E-state index < -0.39 is 0 Å².